The van der Waals surface area contributed by atoms with Gasteiger partial charge in [0.15, 0.2) is 0 Å². The summed E-state index contributed by atoms with van der Waals surface area (Å²) in [4.78, 5) is 20.5. The number of hydrogen-bond donors (Lipinski definition) is 1. The number of aromatic nitrogens is 2. The third-order valence-electron chi connectivity index (χ3n) is 4.34. The molecule has 1 atom stereocenters. The summed E-state index contributed by atoms with van der Waals surface area (Å²) in [5.41, 5.74) is 0.566. The molecular formula is C17H21ClFN5O2S. The first-order valence-corrected chi connectivity index (χ1v) is 9.65. The van der Waals surface area contributed by atoms with E-state index in [1.54, 1.807) is 31.1 Å². The van der Waals surface area contributed by atoms with Crippen LogP contribution in [0, 0.1) is 12.7 Å². The third-order valence-corrected chi connectivity index (χ3v) is 5.30. The zero-order valence-corrected chi connectivity index (χ0v) is 16.7. The van der Waals surface area contributed by atoms with Crippen molar-refractivity contribution in [2.45, 2.75) is 19.6 Å². The van der Waals surface area contributed by atoms with Gasteiger partial charge in [0, 0.05) is 62.0 Å². The molecule has 2 aromatic rings. The van der Waals surface area contributed by atoms with Gasteiger partial charge in [-0.25, -0.2) is 14.2 Å². The standard InChI is InChI=1S/C17H21ClFN5O2S/c1-11-20-16(27-22-11)21-17(25)24-6-5-23(9-14(10-24)26-2)8-12-3-4-13(18)7-15(12)19/h3-4,7,14H,5-6,8-10H2,1-2H3,(H,20,21,22,25). The summed E-state index contributed by atoms with van der Waals surface area (Å²) in [7, 11) is 1.61. The molecule has 10 heteroatoms. The van der Waals surface area contributed by atoms with Crippen LogP contribution in [0.15, 0.2) is 18.2 Å². The van der Waals surface area contributed by atoms with Gasteiger partial charge < -0.3 is 9.64 Å². The van der Waals surface area contributed by atoms with Gasteiger partial charge in [-0.05, 0) is 19.1 Å². The molecular weight excluding hydrogens is 393 g/mol. The molecule has 2 amide bonds. The van der Waals surface area contributed by atoms with Crippen molar-refractivity contribution in [3.63, 3.8) is 0 Å². The molecule has 27 heavy (non-hydrogen) atoms. The molecule has 146 valence electrons. The Kier molecular flexibility index (Phi) is 6.59. The average Bonchev–Trinajstić information content (AvgIpc) is 2.91. The van der Waals surface area contributed by atoms with Crippen LogP contribution in [-0.2, 0) is 11.3 Å². The zero-order valence-electron chi connectivity index (χ0n) is 15.1. The summed E-state index contributed by atoms with van der Waals surface area (Å²) in [6.45, 7) is 4.34. The lowest BCUT2D eigenvalue weighted by Gasteiger charge is -2.23. The lowest BCUT2D eigenvalue weighted by Crippen LogP contribution is -2.41. The molecule has 1 saturated heterocycles. The Morgan fingerprint density at radius 2 is 2.26 bits per heavy atom. The monoisotopic (exact) mass is 413 g/mol. The van der Waals surface area contributed by atoms with Gasteiger partial charge in [-0.15, -0.1) is 0 Å². The molecule has 0 saturated carbocycles. The number of aryl methyl sites for hydroxylation is 1. The number of anilines is 1. The molecule has 1 aromatic carbocycles. The fraction of sp³-hybridized carbons (Fsp3) is 0.471. The van der Waals surface area contributed by atoms with Gasteiger partial charge >= 0.3 is 6.03 Å². The van der Waals surface area contributed by atoms with Crippen molar-refractivity contribution >= 4 is 34.3 Å². The fourth-order valence-corrected chi connectivity index (χ4v) is 3.65. The number of ether oxygens (including phenoxy) is 1. The van der Waals surface area contributed by atoms with Crippen molar-refractivity contribution in [1.82, 2.24) is 19.2 Å². The second-order valence-electron chi connectivity index (χ2n) is 6.35. The Balaban J connectivity index is 1.65. The molecule has 1 fully saturated rings. The minimum absolute atomic E-state index is 0.176. The number of rotatable bonds is 4. The zero-order chi connectivity index (χ0) is 19.4. The number of carbonyl (C=O) groups is 1. The number of methoxy groups -OCH3 is 1. The second-order valence-corrected chi connectivity index (χ2v) is 7.54. The first-order chi connectivity index (χ1) is 12.9. The van der Waals surface area contributed by atoms with Gasteiger partial charge in [0.25, 0.3) is 0 Å². The fourth-order valence-electron chi connectivity index (χ4n) is 2.92. The van der Waals surface area contributed by atoms with Crippen LogP contribution in [0.1, 0.15) is 11.4 Å². The Morgan fingerprint density at radius 3 is 2.93 bits per heavy atom. The van der Waals surface area contributed by atoms with Crippen molar-refractivity contribution in [2.75, 3.05) is 38.6 Å². The summed E-state index contributed by atoms with van der Waals surface area (Å²) in [5.74, 6) is 0.291. The van der Waals surface area contributed by atoms with E-state index in [4.69, 9.17) is 16.3 Å². The molecule has 0 bridgehead atoms. The minimum atomic E-state index is -0.332. The number of benzene rings is 1. The molecule has 1 unspecified atom stereocenters. The van der Waals surface area contributed by atoms with Gasteiger partial charge in [-0.1, -0.05) is 17.7 Å². The van der Waals surface area contributed by atoms with Crippen molar-refractivity contribution in [3.05, 3.63) is 40.4 Å². The van der Waals surface area contributed by atoms with E-state index < -0.39 is 0 Å². The Morgan fingerprint density at radius 1 is 1.44 bits per heavy atom. The highest BCUT2D eigenvalue weighted by Crippen LogP contribution is 2.18. The van der Waals surface area contributed by atoms with Crippen LogP contribution in [0.2, 0.25) is 5.02 Å². The lowest BCUT2D eigenvalue weighted by atomic mass is 10.2. The van der Waals surface area contributed by atoms with E-state index in [-0.39, 0.29) is 18.0 Å². The van der Waals surface area contributed by atoms with E-state index in [0.29, 0.717) is 54.3 Å². The van der Waals surface area contributed by atoms with Gasteiger partial charge in [0.1, 0.15) is 11.6 Å². The molecule has 1 aliphatic rings. The summed E-state index contributed by atoms with van der Waals surface area (Å²) in [6.07, 6.45) is -0.176. The summed E-state index contributed by atoms with van der Waals surface area (Å²) < 4.78 is 23.7. The first kappa shape index (κ1) is 19.9. The smallest absolute Gasteiger partial charge is 0.323 e. The van der Waals surface area contributed by atoms with E-state index in [1.807, 2.05) is 0 Å². The lowest BCUT2D eigenvalue weighted by molar-refractivity contribution is 0.0637. The maximum atomic E-state index is 14.1. The van der Waals surface area contributed by atoms with Gasteiger partial charge in [-0.3, -0.25) is 10.2 Å². The minimum Gasteiger partial charge on any atom is -0.378 e. The van der Waals surface area contributed by atoms with Crippen molar-refractivity contribution in [2.24, 2.45) is 0 Å². The quantitative estimate of drug-likeness (QED) is 0.834. The van der Waals surface area contributed by atoms with E-state index in [9.17, 15) is 9.18 Å². The number of carbonyl (C=O) groups excluding carboxylic acids is 1. The molecule has 1 aliphatic heterocycles. The number of nitrogens with one attached hydrogen (secondary N) is 1. The van der Waals surface area contributed by atoms with Crippen LogP contribution in [0.4, 0.5) is 14.3 Å². The largest absolute Gasteiger partial charge is 0.378 e. The van der Waals surface area contributed by atoms with Crippen LogP contribution in [-0.4, -0.2) is 64.6 Å². The SMILES string of the molecule is COC1CN(Cc2ccc(Cl)cc2F)CCN(C(=O)Nc2nc(C)ns2)C1. The van der Waals surface area contributed by atoms with E-state index in [0.717, 1.165) is 11.5 Å². The van der Waals surface area contributed by atoms with Crippen molar-refractivity contribution < 1.29 is 13.9 Å². The molecule has 0 spiro atoms. The topological polar surface area (TPSA) is 70.6 Å². The summed E-state index contributed by atoms with van der Waals surface area (Å²) in [6, 6.07) is 4.43. The number of hydrogen-bond acceptors (Lipinski definition) is 6. The Hall–Kier alpha value is -1.81. The Bertz CT molecular complexity index is 805. The number of nitrogens with zero attached hydrogens (tertiary/aromatic N) is 4. The highest BCUT2D eigenvalue weighted by Gasteiger charge is 2.26. The van der Waals surface area contributed by atoms with Crippen LogP contribution < -0.4 is 5.32 Å². The Labute approximate surface area is 166 Å². The first-order valence-electron chi connectivity index (χ1n) is 8.50. The van der Waals surface area contributed by atoms with Crippen LogP contribution in [0.5, 0.6) is 0 Å². The summed E-state index contributed by atoms with van der Waals surface area (Å²) in [5, 5.41) is 3.61. The average molecular weight is 414 g/mol. The molecule has 1 N–H and O–H groups in total. The number of halogens is 2. The van der Waals surface area contributed by atoms with Crippen molar-refractivity contribution in [1.29, 1.82) is 0 Å². The van der Waals surface area contributed by atoms with E-state index in [1.165, 1.54) is 6.07 Å². The van der Waals surface area contributed by atoms with E-state index >= 15 is 0 Å². The van der Waals surface area contributed by atoms with Gasteiger partial charge in [0.2, 0.25) is 5.13 Å². The van der Waals surface area contributed by atoms with Gasteiger partial charge in [-0.2, -0.15) is 4.37 Å². The normalized spacial score (nSPS) is 18.4. The molecule has 3 rings (SSSR count). The van der Waals surface area contributed by atoms with E-state index in [2.05, 4.69) is 19.6 Å². The van der Waals surface area contributed by atoms with Gasteiger partial charge in [0.05, 0.1) is 6.10 Å². The summed E-state index contributed by atoms with van der Waals surface area (Å²) >= 11 is 6.96. The highest BCUT2D eigenvalue weighted by molar-refractivity contribution is 7.09. The maximum absolute atomic E-state index is 14.1. The predicted octanol–water partition coefficient (Wildman–Crippen LogP) is 3.00. The molecule has 0 radical (unpaired) electrons. The van der Waals surface area contributed by atoms with Crippen LogP contribution in [0.25, 0.3) is 0 Å². The van der Waals surface area contributed by atoms with Crippen molar-refractivity contribution in [3.8, 4) is 0 Å². The number of urea groups is 1. The van der Waals surface area contributed by atoms with Crippen LogP contribution >= 0.6 is 23.1 Å². The predicted molar refractivity (Wildman–Crippen MR) is 103 cm³/mol. The highest BCUT2D eigenvalue weighted by atomic mass is 35.5. The molecule has 2 heterocycles. The molecule has 7 nitrogen and oxygen atoms in total. The number of amides is 2. The molecule has 1 aromatic heterocycles. The van der Waals surface area contributed by atoms with Crippen LogP contribution in [0.3, 0.4) is 0 Å². The molecule has 0 aliphatic carbocycles. The maximum Gasteiger partial charge on any atom is 0.323 e. The second kappa shape index (κ2) is 8.92. The third kappa shape index (κ3) is 5.35.